The van der Waals surface area contributed by atoms with Crippen molar-refractivity contribution in [3.05, 3.63) is 44.5 Å². The van der Waals surface area contributed by atoms with E-state index in [-0.39, 0.29) is 0 Å². The minimum atomic E-state index is 0.581. The molecule has 0 amide bonds. The summed E-state index contributed by atoms with van der Waals surface area (Å²) in [6.45, 7) is 0.581. The first-order chi connectivity index (χ1) is 10.6. The first-order valence-electron chi connectivity index (χ1n) is 7.63. The molecule has 0 spiro atoms. The van der Waals surface area contributed by atoms with E-state index < -0.39 is 0 Å². The Morgan fingerprint density at radius 2 is 1.91 bits per heavy atom. The van der Waals surface area contributed by atoms with Gasteiger partial charge in [0, 0.05) is 11.6 Å². The molecule has 3 N–H and O–H groups in total. The quantitative estimate of drug-likeness (QED) is 0.659. The van der Waals surface area contributed by atoms with Gasteiger partial charge in [-0.05, 0) is 17.7 Å². The molecule has 0 bridgehead atoms. The van der Waals surface area contributed by atoms with Crippen molar-refractivity contribution in [1.82, 2.24) is 14.8 Å². The third-order valence-electron chi connectivity index (χ3n) is 3.88. The molecule has 0 aliphatic heterocycles. The van der Waals surface area contributed by atoms with Crippen molar-refractivity contribution in [3.8, 4) is 0 Å². The molecule has 1 heterocycles. The molecule has 1 saturated carbocycles. The van der Waals surface area contributed by atoms with E-state index in [0.717, 1.165) is 14.4 Å². The van der Waals surface area contributed by atoms with Crippen LogP contribution in [0.3, 0.4) is 0 Å². The molecule has 4 nitrogen and oxygen atoms in total. The number of halogens is 1. The average molecular weight is 502 g/mol. The van der Waals surface area contributed by atoms with E-state index in [0.29, 0.717) is 12.5 Å². The van der Waals surface area contributed by atoms with Gasteiger partial charge in [0.1, 0.15) is 0 Å². The van der Waals surface area contributed by atoms with Crippen molar-refractivity contribution in [3.63, 3.8) is 0 Å². The van der Waals surface area contributed by atoms with Crippen LogP contribution < -0.4 is 5.73 Å². The zero-order valence-corrected chi connectivity index (χ0v) is 15.8. The molecule has 3 rings (SSSR count). The molecule has 0 saturated heterocycles. The second kappa shape index (κ2) is 8.81. The molecular formula is C16H23ClN4Pt. The Labute approximate surface area is 147 Å². The third-order valence-corrected chi connectivity index (χ3v) is 5.15. The van der Waals surface area contributed by atoms with Crippen molar-refractivity contribution in [2.75, 3.05) is 0 Å². The van der Waals surface area contributed by atoms with E-state index in [1.54, 1.807) is 0 Å². The molecule has 1 aliphatic carbocycles. The van der Waals surface area contributed by atoms with Crippen LogP contribution in [-0.2, 0) is 32.9 Å². The predicted octanol–water partition coefficient (Wildman–Crippen LogP) is 3.67. The zero-order chi connectivity index (χ0) is 15.9. The summed E-state index contributed by atoms with van der Waals surface area (Å²) in [4.78, 5) is 4.53. The Bertz CT molecular complexity index is 626. The molecule has 2 aromatic rings. The summed E-state index contributed by atoms with van der Waals surface area (Å²) in [6, 6.07) is 7.51. The normalized spacial score (nSPS) is 15.3. The van der Waals surface area contributed by atoms with Crippen molar-refractivity contribution in [1.29, 1.82) is 0 Å². The maximum atomic E-state index is 5.63. The summed E-state index contributed by atoms with van der Waals surface area (Å²) in [5.74, 6) is 1.87. The largest absolute Gasteiger partial charge is 0.326 e. The molecule has 0 radical (unpaired) electrons. The van der Waals surface area contributed by atoms with Crippen molar-refractivity contribution in [2.24, 2.45) is 12.8 Å². The average Bonchev–Trinajstić information content (AvgIpc) is 2.89. The van der Waals surface area contributed by atoms with Gasteiger partial charge in [0.25, 0.3) is 0 Å². The molecule has 0 atom stereocenters. The maximum absolute atomic E-state index is 5.63. The molecule has 1 aliphatic rings. The smallest absolute Gasteiger partial charge is 0.0406 e. The fraction of sp³-hybridized carbons (Fsp3) is 0.500. The van der Waals surface area contributed by atoms with E-state index in [2.05, 4.69) is 29.4 Å². The molecule has 1 aromatic heterocycles. The molecule has 6 heteroatoms. The molecule has 124 valence electrons. The molecule has 1 aromatic carbocycles. The van der Waals surface area contributed by atoms with Gasteiger partial charge in [0.2, 0.25) is 0 Å². The number of aromatic amines is 1. The Morgan fingerprint density at radius 3 is 2.41 bits per heavy atom. The number of nitrogens with one attached hydrogen (secondary N) is 1. The maximum Gasteiger partial charge on any atom is 0.0406 e. The Kier molecular flexibility index (Phi) is 7.06. The number of aryl methyl sites for hydroxylation is 1. The standard InChI is InChI=1S/C9H15N3.C7H8ClN.Pt/c1-12-7-10-9(11-12)8-5-3-2-4-6-8;8-7-3-1-6(5-9)2-4-7;/h8H,2-6H2,1H3,(H,10,11);1-4H,5,9H2;. The van der Waals surface area contributed by atoms with E-state index in [4.69, 9.17) is 17.3 Å². The first kappa shape index (κ1) is 17.6. The summed E-state index contributed by atoms with van der Waals surface area (Å²) in [6.07, 6.45) is 6.76. The SMILES string of the molecule is Cn1[nH]c(C2CCCCC2)n[c]1=[Pt].NCc1ccc(Cl)cc1. The topological polar surface area (TPSA) is 59.6 Å². The van der Waals surface area contributed by atoms with E-state index in [1.165, 1.54) is 37.9 Å². The summed E-state index contributed by atoms with van der Waals surface area (Å²) < 4.78 is 3.05. The van der Waals surface area contributed by atoms with Gasteiger partial charge in [-0.3, -0.25) is 0 Å². The van der Waals surface area contributed by atoms with Gasteiger partial charge in [-0.1, -0.05) is 23.7 Å². The fourth-order valence-electron chi connectivity index (χ4n) is 2.59. The van der Waals surface area contributed by atoms with E-state index in [1.807, 2.05) is 36.0 Å². The fourth-order valence-corrected chi connectivity index (χ4v) is 3.11. The molecular weight excluding hydrogens is 479 g/mol. The number of nitrogens with zero attached hydrogens (tertiary/aromatic N) is 2. The Balaban J connectivity index is 0.000000172. The Hall–Kier alpha value is -0.702. The molecule has 0 unspecified atom stereocenters. The number of rotatable bonds is 2. The van der Waals surface area contributed by atoms with Crippen molar-refractivity contribution in [2.45, 2.75) is 44.6 Å². The minimum Gasteiger partial charge on any atom is -0.326 e. The summed E-state index contributed by atoms with van der Waals surface area (Å²) >= 11 is 7.87. The van der Waals surface area contributed by atoms with Crippen LogP contribution in [0.2, 0.25) is 5.02 Å². The second-order valence-electron chi connectivity index (χ2n) is 5.57. The van der Waals surface area contributed by atoms with Gasteiger partial charge >= 0.3 is 88.8 Å². The van der Waals surface area contributed by atoms with Crippen molar-refractivity contribution >= 4 is 11.6 Å². The van der Waals surface area contributed by atoms with Crippen LogP contribution in [0.4, 0.5) is 0 Å². The van der Waals surface area contributed by atoms with Gasteiger partial charge < -0.3 is 5.73 Å². The van der Waals surface area contributed by atoms with Crippen LogP contribution in [0.5, 0.6) is 0 Å². The number of nitrogens with two attached hydrogens (primary N) is 1. The van der Waals surface area contributed by atoms with Gasteiger partial charge in [-0.15, -0.1) is 0 Å². The number of hydrogen-bond donors (Lipinski definition) is 2. The van der Waals surface area contributed by atoms with E-state index >= 15 is 0 Å². The first-order valence-corrected chi connectivity index (χ1v) is 9.14. The Morgan fingerprint density at radius 1 is 1.27 bits per heavy atom. The van der Waals surface area contributed by atoms with Crippen LogP contribution >= 0.6 is 11.6 Å². The molecule has 1 fully saturated rings. The van der Waals surface area contributed by atoms with Crippen LogP contribution in [-0.4, -0.2) is 14.8 Å². The summed E-state index contributed by atoms with van der Waals surface area (Å²) in [7, 11) is 2.02. The number of H-pyrrole nitrogens is 1. The van der Waals surface area contributed by atoms with Crippen LogP contribution in [0.15, 0.2) is 24.3 Å². The number of hydrogen-bond acceptors (Lipinski definition) is 2. The van der Waals surface area contributed by atoms with Gasteiger partial charge in [0.15, 0.2) is 0 Å². The van der Waals surface area contributed by atoms with Gasteiger partial charge in [-0.2, -0.15) is 0 Å². The monoisotopic (exact) mass is 501 g/mol. The summed E-state index contributed by atoms with van der Waals surface area (Å²) in [5.41, 5.74) is 6.47. The van der Waals surface area contributed by atoms with Crippen LogP contribution in [0.1, 0.15) is 49.4 Å². The van der Waals surface area contributed by atoms with E-state index in [9.17, 15) is 0 Å². The number of aromatic nitrogens is 3. The van der Waals surface area contributed by atoms with Crippen molar-refractivity contribution < 1.29 is 19.4 Å². The van der Waals surface area contributed by atoms with Crippen LogP contribution in [0.25, 0.3) is 0 Å². The number of benzene rings is 1. The van der Waals surface area contributed by atoms with Gasteiger partial charge in [0.05, 0.1) is 0 Å². The summed E-state index contributed by atoms with van der Waals surface area (Å²) in [5, 5.41) is 4.07. The van der Waals surface area contributed by atoms with Crippen LogP contribution in [0, 0.1) is 3.80 Å². The predicted molar refractivity (Wildman–Crippen MR) is 86.0 cm³/mol. The van der Waals surface area contributed by atoms with Gasteiger partial charge in [-0.25, -0.2) is 0 Å². The second-order valence-corrected chi connectivity index (χ2v) is 7.03. The zero-order valence-electron chi connectivity index (χ0n) is 12.8. The third kappa shape index (κ3) is 5.19. The molecule has 22 heavy (non-hydrogen) atoms. The minimum absolute atomic E-state index is 0.581.